The van der Waals surface area contributed by atoms with E-state index in [1.807, 2.05) is 38.1 Å². The van der Waals surface area contributed by atoms with E-state index < -0.39 is 0 Å². The van der Waals surface area contributed by atoms with Gasteiger partial charge in [-0.15, -0.1) is 0 Å². The number of aromatic nitrogens is 5. The fourth-order valence-corrected chi connectivity index (χ4v) is 4.01. The molecule has 0 spiro atoms. The molecular weight excluding hydrogens is 447 g/mol. The summed E-state index contributed by atoms with van der Waals surface area (Å²) in [5, 5.41) is 5.18. The van der Waals surface area contributed by atoms with Crippen molar-refractivity contribution in [3.63, 3.8) is 0 Å². The van der Waals surface area contributed by atoms with Crippen LogP contribution in [0.1, 0.15) is 34.6 Å². The second-order valence-electron chi connectivity index (χ2n) is 7.55. The van der Waals surface area contributed by atoms with Gasteiger partial charge in [-0.3, -0.25) is 9.78 Å². The third kappa shape index (κ3) is 4.89. The molecule has 0 aliphatic rings. The third-order valence-corrected chi connectivity index (χ3v) is 6.11. The first-order chi connectivity index (χ1) is 15.4. The Balaban J connectivity index is 1.55. The number of aryl methyl sites for hydroxylation is 2. The van der Waals surface area contributed by atoms with Gasteiger partial charge in [-0.1, -0.05) is 35.3 Å². The zero-order valence-corrected chi connectivity index (χ0v) is 19.3. The molecule has 0 aliphatic carbocycles. The summed E-state index contributed by atoms with van der Waals surface area (Å²) >= 11 is 12.2. The van der Waals surface area contributed by atoms with Crippen LogP contribution >= 0.6 is 23.2 Å². The molecule has 32 heavy (non-hydrogen) atoms. The number of hydrogen-bond donors (Lipinski definition) is 0. The maximum Gasteiger partial charge on any atom is 0.252 e. The summed E-state index contributed by atoms with van der Waals surface area (Å²) in [6.45, 7) is 4.71. The number of halogens is 2. The van der Waals surface area contributed by atoms with Gasteiger partial charge in [0.05, 0.1) is 22.3 Å². The van der Waals surface area contributed by atoms with Crippen LogP contribution in [0.15, 0.2) is 48.9 Å². The first-order valence-corrected chi connectivity index (χ1v) is 11.0. The van der Waals surface area contributed by atoms with Gasteiger partial charge >= 0.3 is 0 Å². The van der Waals surface area contributed by atoms with Crippen molar-refractivity contribution in [3.05, 3.63) is 87.2 Å². The molecule has 0 N–H and O–H groups in total. The minimum absolute atomic E-state index is 0.0132. The zero-order valence-electron chi connectivity index (χ0n) is 17.8. The van der Waals surface area contributed by atoms with Gasteiger partial charge < -0.3 is 4.90 Å². The summed E-state index contributed by atoms with van der Waals surface area (Å²) < 4.78 is 1.70. The number of carbonyl (C=O) groups excluding carboxylic acids is 1. The largest absolute Gasteiger partial charge is 0.332 e. The van der Waals surface area contributed by atoms with Crippen LogP contribution < -0.4 is 0 Å². The van der Waals surface area contributed by atoms with E-state index in [9.17, 15) is 4.79 Å². The first kappa shape index (κ1) is 22.2. The number of amides is 1. The van der Waals surface area contributed by atoms with Crippen molar-refractivity contribution in [3.8, 4) is 0 Å². The lowest BCUT2D eigenvalue weighted by Gasteiger charge is -2.23. The van der Waals surface area contributed by atoms with Gasteiger partial charge in [0.2, 0.25) is 5.91 Å². The highest BCUT2D eigenvalue weighted by Crippen LogP contribution is 2.24. The molecule has 0 unspecified atom stereocenters. The van der Waals surface area contributed by atoms with Crippen molar-refractivity contribution in [2.45, 2.75) is 39.8 Å². The van der Waals surface area contributed by atoms with Crippen molar-refractivity contribution in [2.75, 3.05) is 0 Å². The van der Waals surface area contributed by atoms with E-state index in [0.717, 1.165) is 28.2 Å². The van der Waals surface area contributed by atoms with Crippen molar-refractivity contribution in [1.82, 2.24) is 29.5 Å². The molecule has 0 saturated heterocycles. The SMILES string of the molecule is Cc1nc2ncnn2c(C)c1CCC(=O)N(Cc1ccc(Cl)c(Cl)c1)Cc1ccccn1. The molecule has 0 saturated carbocycles. The highest BCUT2D eigenvalue weighted by molar-refractivity contribution is 6.42. The summed E-state index contributed by atoms with van der Waals surface area (Å²) in [5.41, 5.74) is 4.53. The van der Waals surface area contributed by atoms with Crippen LogP contribution in [-0.2, 0) is 24.3 Å². The third-order valence-electron chi connectivity index (χ3n) is 5.37. The Morgan fingerprint density at radius 2 is 1.91 bits per heavy atom. The van der Waals surface area contributed by atoms with Crippen molar-refractivity contribution in [2.24, 2.45) is 0 Å². The Labute approximate surface area is 196 Å². The van der Waals surface area contributed by atoms with E-state index in [-0.39, 0.29) is 5.91 Å². The minimum Gasteiger partial charge on any atom is -0.332 e. The van der Waals surface area contributed by atoms with E-state index in [4.69, 9.17) is 23.2 Å². The molecule has 0 aliphatic heterocycles. The summed E-state index contributed by atoms with van der Waals surface area (Å²) in [4.78, 5) is 28.1. The Bertz CT molecular complexity index is 1260. The molecule has 164 valence electrons. The van der Waals surface area contributed by atoms with Crippen LogP contribution in [0.5, 0.6) is 0 Å². The van der Waals surface area contributed by atoms with Gasteiger partial charge in [-0.05, 0) is 55.7 Å². The number of carbonyl (C=O) groups is 1. The predicted molar refractivity (Wildman–Crippen MR) is 124 cm³/mol. The molecule has 3 heterocycles. The van der Waals surface area contributed by atoms with Crippen molar-refractivity contribution >= 4 is 34.9 Å². The molecular formula is C23H22Cl2N6O. The fourth-order valence-electron chi connectivity index (χ4n) is 3.69. The van der Waals surface area contributed by atoms with E-state index in [2.05, 4.69) is 20.1 Å². The van der Waals surface area contributed by atoms with E-state index in [1.54, 1.807) is 27.7 Å². The van der Waals surface area contributed by atoms with Crippen LogP contribution in [0.3, 0.4) is 0 Å². The summed E-state index contributed by atoms with van der Waals surface area (Å²) in [6, 6.07) is 11.1. The van der Waals surface area contributed by atoms with Crippen LogP contribution in [0.25, 0.3) is 5.78 Å². The second-order valence-corrected chi connectivity index (χ2v) is 8.37. The molecule has 9 heteroatoms. The Morgan fingerprint density at radius 3 is 2.66 bits per heavy atom. The molecule has 0 radical (unpaired) electrons. The number of nitrogens with zero attached hydrogens (tertiary/aromatic N) is 6. The molecule has 0 bridgehead atoms. The molecule has 1 aromatic carbocycles. The van der Waals surface area contributed by atoms with Crippen molar-refractivity contribution < 1.29 is 4.79 Å². The smallest absolute Gasteiger partial charge is 0.252 e. The average Bonchev–Trinajstić information content (AvgIpc) is 3.25. The zero-order chi connectivity index (χ0) is 22.7. The van der Waals surface area contributed by atoms with Crippen LogP contribution in [-0.4, -0.2) is 35.4 Å². The molecule has 4 aromatic rings. The van der Waals surface area contributed by atoms with Crippen molar-refractivity contribution in [1.29, 1.82) is 0 Å². The van der Waals surface area contributed by atoms with Crippen LogP contribution in [0, 0.1) is 13.8 Å². The summed E-state index contributed by atoms with van der Waals surface area (Å²) in [5.74, 6) is 0.575. The van der Waals surface area contributed by atoms with E-state index >= 15 is 0 Å². The summed E-state index contributed by atoms with van der Waals surface area (Å²) in [6.07, 6.45) is 4.09. The van der Waals surface area contributed by atoms with Crippen LogP contribution in [0.2, 0.25) is 10.0 Å². The quantitative estimate of drug-likeness (QED) is 0.395. The second kappa shape index (κ2) is 9.63. The molecule has 7 nitrogen and oxygen atoms in total. The van der Waals surface area contributed by atoms with Gasteiger partial charge in [-0.2, -0.15) is 10.1 Å². The average molecular weight is 469 g/mol. The van der Waals surface area contributed by atoms with Gasteiger partial charge in [0.1, 0.15) is 6.33 Å². The van der Waals surface area contributed by atoms with Crippen LogP contribution in [0.4, 0.5) is 0 Å². The Kier molecular flexibility index (Phi) is 6.67. The van der Waals surface area contributed by atoms with Gasteiger partial charge in [0, 0.05) is 30.6 Å². The normalized spacial score (nSPS) is 11.1. The molecule has 3 aromatic heterocycles. The minimum atomic E-state index is 0.0132. The number of fused-ring (bicyclic) bond motifs is 1. The topological polar surface area (TPSA) is 76.3 Å². The maximum atomic E-state index is 13.3. The number of hydrogen-bond acceptors (Lipinski definition) is 5. The lowest BCUT2D eigenvalue weighted by atomic mass is 10.1. The molecule has 0 atom stereocenters. The van der Waals surface area contributed by atoms with Gasteiger partial charge in [-0.25, -0.2) is 9.50 Å². The molecule has 4 rings (SSSR count). The monoisotopic (exact) mass is 468 g/mol. The lowest BCUT2D eigenvalue weighted by Crippen LogP contribution is -2.30. The van der Waals surface area contributed by atoms with Gasteiger partial charge in [0.25, 0.3) is 5.78 Å². The Hall–Kier alpha value is -3.03. The van der Waals surface area contributed by atoms with E-state index in [0.29, 0.717) is 41.8 Å². The summed E-state index contributed by atoms with van der Waals surface area (Å²) in [7, 11) is 0. The molecule has 1 amide bonds. The standard InChI is InChI=1S/C23H22Cl2N6O/c1-15-19(16(2)31-23(29-15)27-14-28-31)7-9-22(32)30(13-18-5-3-4-10-26-18)12-17-6-8-20(24)21(25)11-17/h3-6,8,10-11,14H,7,9,12-13H2,1-2H3. The van der Waals surface area contributed by atoms with Gasteiger partial charge in [0.15, 0.2) is 0 Å². The van der Waals surface area contributed by atoms with E-state index in [1.165, 1.54) is 6.33 Å². The maximum absolute atomic E-state index is 13.3. The highest BCUT2D eigenvalue weighted by Gasteiger charge is 2.18. The molecule has 0 fully saturated rings. The lowest BCUT2D eigenvalue weighted by molar-refractivity contribution is -0.132. The number of rotatable bonds is 7. The number of benzene rings is 1. The highest BCUT2D eigenvalue weighted by atomic mass is 35.5. The Morgan fingerprint density at radius 1 is 1.06 bits per heavy atom. The predicted octanol–water partition coefficient (Wildman–Crippen LogP) is 4.60. The number of pyridine rings is 1. The first-order valence-electron chi connectivity index (χ1n) is 10.2. The fraction of sp³-hybridized carbons (Fsp3) is 0.261.